The number of rotatable bonds is 6. The monoisotopic (exact) mass is 272 g/mol. The molecule has 0 saturated heterocycles. The molecule has 1 aliphatic rings. The highest BCUT2D eigenvalue weighted by atomic mass is 16.5. The molecule has 6 nitrogen and oxygen atoms in total. The lowest BCUT2D eigenvalue weighted by Gasteiger charge is -2.23. The van der Waals surface area contributed by atoms with Gasteiger partial charge in [-0.2, -0.15) is 0 Å². The molecule has 19 heavy (non-hydrogen) atoms. The standard InChI is InChI=1S/C13H24N2O4/c1-2-19-9-8-14-13(18)15-11-7-5-3-4-6-10(11)12(16)17/h10-11H,2-9H2,1H3,(H,16,17)(H2,14,15,18). The first-order valence-corrected chi connectivity index (χ1v) is 7.00. The Bertz CT molecular complexity index is 296. The van der Waals surface area contributed by atoms with Gasteiger partial charge in [0.15, 0.2) is 0 Å². The summed E-state index contributed by atoms with van der Waals surface area (Å²) in [5.41, 5.74) is 0. The van der Waals surface area contributed by atoms with Gasteiger partial charge in [-0.05, 0) is 19.8 Å². The van der Waals surface area contributed by atoms with Crippen LogP contribution >= 0.6 is 0 Å². The number of carboxylic acids is 1. The van der Waals surface area contributed by atoms with Crippen LogP contribution < -0.4 is 10.6 Å². The van der Waals surface area contributed by atoms with Crippen LogP contribution in [0.5, 0.6) is 0 Å². The van der Waals surface area contributed by atoms with Gasteiger partial charge in [0.2, 0.25) is 0 Å². The normalized spacial score (nSPS) is 23.4. The zero-order valence-corrected chi connectivity index (χ0v) is 11.5. The van der Waals surface area contributed by atoms with E-state index in [0.717, 1.165) is 25.7 Å². The van der Waals surface area contributed by atoms with E-state index in [-0.39, 0.29) is 12.1 Å². The van der Waals surface area contributed by atoms with E-state index in [2.05, 4.69) is 10.6 Å². The molecule has 3 N–H and O–H groups in total. The molecule has 0 aromatic carbocycles. The molecular weight excluding hydrogens is 248 g/mol. The zero-order chi connectivity index (χ0) is 14.1. The Morgan fingerprint density at radius 3 is 2.68 bits per heavy atom. The molecule has 0 aromatic rings. The van der Waals surface area contributed by atoms with Crippen LogP contribution in [0.3, 0.4) is 0 Å². The Balaban J connectivity index is 2.38. The number of ether oxygens (including phenoxy) is 1. The van der Waals surface area contributed by atoms with Crippen LogP contribution in [0.2, 0.25) is 0 Å². The largest absolute Gasteiger partial charge is 0.481 e. The lowest BCUT2D eigenvalue weighted by molar-refractivity contribution is -0.142. The average molecular weight is 272 g/mol. The number of carbonyl (C=O) groups is 2. The quantitative estimate of drug-likeness (QED) is 0.503. The molecule has 6 heteroatoms. The van der Waals surface area contributed by atoms with Crippen LogP contribution in [0, 0.1) is 5.92 Å². The van der Waals surface area contributed by atoms with Crippen molar-refractivity contribution in [2.24, 2.45) is 5.92 Å². The Hall–Kier alpha value is -1.30. The Labute approximate surface area is 113 Å². The highest BCUT2D eigenvalue weighted by Gasteiger charge is 2.30. The second-order valence-corrected chi connectivity index (χ2v) is 4.79. The van der Waals surface area contributed by atoms with Crippen molar-refractivity contribution in [1.29, 1.82) is 0 Å². The molecule has 1 fully saturated rings. The van der Waals surface area contributed by atoms with Crippen molar-refractivity contribution >= 4 is 12.0 Å². The van der Waals surface area contributed by atoms with Crippen molar-refractivity contribution in [2.45, 2.75) is 45.1 Å². The van der Waals surface area contributed by atoms with Gasteiger partial charge >= 0.3 is 12.0 Å². The molecule has 2 amide bonds. The Morgan fingerprint density at radius 2 is 2.00 bits per heavy atom. The number of carboxylic acid groups (broad SMARTS) is 1. The fraction of sp³-hybridized carbons (Fsp3) is 0.846. The molecule has 1 aliphatic carbocycles. The molecule has 110 valence electrons. The van der Waals surface area contributed by atoms with Gasteiger partial charge in [-0.25, -0.2) is 4.79 Å². The number of aliphatic carboxylic acids is 1. The summed E-state index contributed by atoms with van der Waals surface area (Å²) >= 11 is 0. The van der Waals surface area contributed by atoms with Crippen molar-refractivity contribution in [1.82, 2.24) is 10.6 Å². The molecule has 2 atom stereocenters. The van der Waals surface area contributed by atoms with Crippen LogP contribution in [0.1, 0.15) is 39.0 Å². The summed E-state index contributed by atoms with van der Waals surface area (Å²) < 4.78 is 5.12. The van der Waals surface area contributed by atoms with Gasteiger partial charge in [0.1, 0.15) is 0 Å². The zero-order valence-electron chi connectivity index (χ0n) is 11.5. The molecule has 0 heterocycles. The maximum absolute atomic E-state index is 11.7. The summed E-state index contributed by atoms with van der Waals surface area (Å²) in [6, 6.07) is -0.579. The minimum Gasteiger partial charge on any atom is -0.481 e. The smallest absolute Gasteiger partial charge is 0.315 e. The predicted molar refractivity (Wildman–Crippen MR) is 71.0 cm³/mol. The van der Waals surface area contributed by atoms with Crippen molar-refractivity contribution < 1.29 is 19.4 Å². The van der Waals surface area contributed by atoms with Gasteiger partial charge in [-0.3, -0.25) is 4.79 Å². The van der Waals surface area contributed by atoms with Gasteiger partial charge in [-0.15, -0.1) is 0 Å². The first-order valence-electron chi connectivity index (χ1n) is 7.00. The van der Waals surface area contributed by atoms with Gasteiger partial charge in [0.25, 0.3) is 0 Å². The summed E-state index contributed by atoms with van der Waals surface area (Å²) in [5.74, 6) is -1.29. The summed E-state index contributed by atoms with van der Waals surface area (Å²) in [4.78, 5) is 22.9. The molecule has 1 rings (SSSR count). The number of amides is 2. The van der Waals surface area contributed by atoms with E-state index < -0.39 is 11.9 Å². The maximum Gasteiger partial charge on any atom is 0.315 e. The van der Waals surface area contributed by atoms with Crippen molar-refractivity contribution in [3.63, 3.8) is 0 Å². The first-order chi connectivity index (χ1) is 9.15. The second-order valence-electron chi connectivity index (χ2n) is 4.79. The van der Waals surface area contributed by atoms with Gasteiger partial charge < -0.3 is 20.5 Å². The predicted octanol–water partition coefficient (Wildman–Crippen LogP) is 1.36. The van der Waals surface area contributed by atoms with Gasteiger partial charge in [0, 0.05) is 19.2 Å². The first kappa shape index (κ1) is 15.8. The van der Waals surface area contributed by atoms with E-state index in [1.807, 2.05) is 6.92 Å². The Kier molecular flexibility index (Phi) is 7.25. The summed E-state index contributed by atoms with van der Waals surface area (Å²) in [7, 11) is 0. The third-order valence-electron chi connectivity index (χ3n) is 3.39. The maximum atomic E-state index is 11.7. The van der Waals surface area contributed by atoms with Gasteiger partial charge in [0.05, 0.1) is 12.5 Å². The van der Waals surface area contributed by atoms with Crippen molar-refractivity contribution in [3.05, 3.63) is 0 Å². The molecule has 0 radical (unpaired) electrons. The topological polar surface area (TPSA) is 87.7 Å². The molecule has 0 bridgehead atoms. The average Bonchev–Trinajstić information content (AvgIpc) is 2.60. The number of hydrogen-bond donors (Lipinski definition) is 3. The number of nitrogens with one attached hydrogen (secondary N) is 2. The summed E-state index contributed by atoms with van der Waals surface area (Å²) in [6.07, 6.45) is 4.29. The highest BCUT2D eigenvalue weighted by Crippen LogP contribution is 2.23. The SMILES string of the molecule is CCOCCNC(=O)NC1CCCCCC1C(=O)O. The van der Waals surface area contributed by atoms with Crippen LogP contribution in [0.15, 0.2) is 0 Å². The third-order valence-corrected chi connectivity index (χ3v) is 3.39. The van der Waals surface area contributed by atoms with Crippen LogP contribution in [-0.2, 0) is 9.53 Å². The number of hydrogen-bond acceptors (Lipinski definition) is 3. The fourth-order valence-corrected chi connectivity index (χ4v) is 2.38. The van der Waals surface area contributed by atoms with E-state index in [0.29, 0.717) is 26.2 Å². The molecule has 1 saturated carbocycles. The minimum atomic E-state index is -0.818. The summed E-state index contributed by atoms with van der Waals surface area (Å²) in [5, 5.41) is 14.7. The number of urea groups is 1. The van der Waals surface area contributed by atoms with Crippen molar-refractivity contribution in [3.8, 4) is 0 Å². The second kappa shape index (κ2) is 8.74. The summed E-state index contributed by atoms with van der Waals surface area (Å²) in [6.45, 7) is 3.41. The minimum absolute atomic E-state index is 0.271. The molecular formula is C13H24N2O4. The lowest BCUT2D eigenvalue weighted by Crippen LogP contribution is -2.47. The fourth-order valence-electron chi connectivity index (χ4n) is 2.38. The highest BCUT2D eigenvalue weighted by molar-refractivity contribution is 5.76. The van der Waals surface area contributed by atoms with Gasteiger partial charge in [-0.1, -0.05) is 19.3 Å². The van der Waals surface area contributed by atoms with E-state index >= 15 is 0 Å². The molecule has 0 aromatic heterocycles. The van der Waals surface area contributed by atoms with Crippen molar-refractivity contribution in [2.75, 3.05) is 19.8 Å². The van der Waals surface area contributed by atoms with E-state index in [4.69, 9.17) is 4.74 Å². The van der Waals surface area contributed by atoms with Crippen LogP contribution in [0.4, 0.5) is 4.79 Å². The number of carbonyl (C=O) groups excluding carboxylic acids is 1. The van der Waals surface area contributed by atoms with Crippen LogP contribution in [0.25, 0.3) is 0 Å². The molecule has 0 aliphatic heterocycles. The van der Waals surface area contributed by atoms with E-state index in [1.165, 1.54) is 0 Å². The lowest BCUT2D eigenvalue weighted by atomic mass is 9.95. The Morgan fingerprint density at radius 1 is 1.26 bits per heavy atom. The molecule has 2 unspecified atom stereocenters. The molecule has 0 spiro atoms. The third kappa shape index (κ3) is 5.92. The van der Waals surface area contributed by atoms with E-state index in [1.54, 1.807) is 0 Å². The van der Waals surface area contributed by atoms with Crippen LogP contribution in [-0.4, -0.2) is 42.9 Å². The van der Waals surface area contributed by atoms with E-state index in [9.17, 15) is 14.7 Å².